The van der Waals surface area contributed by atoms with Gasteiger partial charge in [-0.05, 0) is 12.3 Å². The fraction of sp³-hybridized carbons (Fsp3) is 0.667. The van der Waals surface area contributed by atoms with Crippen LogP contribution in [0.5, 0.6) is 0 Å². The predicted molar refractivity (Wildman–Crippen MR) is 98.6 cm³/mol. The Labute approximate surface area is 165 Å². The topological polar surface area (TPSA) is 192 Å². The molecule has 0 aromatic carbocycles. The molecule has 2 aromatic heterocycles. The Hall–Kier alpha value is -1.70. The second-order valence-electron chi connectivity index (χ2n) is 6.88. The molecule has 162 valence electrons. The van der Waals surface area contributed by atoms with E-state index in [1.54, 1.807) is 0 Å². The van der Waals surface area contributed by atoms with Crippen molar-refractivity contribution in [1.29, 1.82) is 0 Å². The van der Waals surface area contributed by atoms with E-state index in [9.17, 15) is 14.8 Å². The maximum Gasteiger partial charge on any atom is 0.469 e. The van der Waals surface area contributed by atoms with Gasteiger partial charge in [0.05, 0.1) is 12.9 Å². The predicted octanol–water partition coefficient (Wildman–Crippen LogP) is -1.01. The van der Waals surface area contributed by atoms with E-state index in [4.69, 9.17) is 19.6 Å². The Kier molecular flexibility index (Phi) is 6.81. The van der Waals surface area contributed by atoms with Gasteiger partial charge in [-0.1, -0.05) is 6.92 Å². The Morgan fingerprint density at radius 1 is 1.31 bits per heavy atom. The molecule has 1 aliphatic rings. The second-order valence-corrected chi connectivity index (χ2v) is 8.12. The van der Waals surface area contributed by atoms with Gasteiger partial charge < -0.3 is 35.2 Å². The summed E-state index contributed by atoms with van der Waals surface area (Å²) in [6.45, 7) is 1.96. The summed E-state index contributed by atoms with van der Waals surface area (Å²) >= 11 is 0. The third-order valence-corrected chi connectivity index (χ3v) is 5.10. The lowest BCUT2D eigenvalue weighted by Crippen LogP contribution is -2.33. The molecule has 5 atom stereocenters. The number of ether oxygens (including phenoxy) is 1. The number of aromatic nitrogens is 4. The van der Waals surface area contributed by atoms with E-state index in [0.717, 1.165) is 6.42 Å². The molecule has 3 rings (SSSR count). The van der Waals surface area contributed by atoms with Crippen molar-refractivity contribution in [1.82, 2.24) is 19.5 Å². The van der Waals surface area contributed by atoms with Gasteiger partial charge in [0.25, 0.3) is 0 Å². The average Bonchev–Trinajstić information content (AvgIpc) is 3.22. The van der Waals surface area contributed by atoms with E-state index < -0.39 is 39.0 Å². The second kappa shape index (κ2) is 8.98. The molecule has 0 radical (unpaired) electrons. The Balaban J connectivity index is 1.76. The third-order valence-electron chi connectivity index (χ3n) is 4.62. The standard InChI is InChI=1S/C15H24N5O8P/c1-8(4-21)2-3-16-13-10-14(18-6-17-13)20(7-19-10)15-12(23)11(22)9(28-15)5-27-29(24,25)26/h6-9,11-12,15,21-23H,2-5H2,1H3,(H,16,17,18)(H2,24,25,26)/t8-,9+,11+,12+,15+/m0/s1. The van der Waals surface area contributed by atoms with Crippen molar-refractivity contribution in [2.75, 3.05) is 25.1 Å². The van der Waals surface area contributed by atoms with Gasteiger partial charge in [0.15, 0.2) is 23.2 Å². The zero-order valence-electron chi connectivity index (χ0n) is 15.6. The SMILES string of the molecule is C[C@H](CO)CCNc1ncnc2c1ncn2[C@@H]1O[C@H](COP(=O)(O)O)[C@@H](O)[C@H]1O. The third kappa shape index (κ3) is 5.08. The number of hydrogen-bond acceptors (Lipinski definition) is 10. The monoisotopic (exact) mass is 433 g/mol. The van der Waals surface area contributed by atoms with Crippen LogP contribution in [0.4, 0.5) is 5.82 Å². The van der Waals surface area contributed by atoms with Gasteiger partial charge >= 0.3 is 7.82 Å². The summed E-state index contributed by atoms with van der Waals surface area (Å²) in [7, 11) is -4.75. The van der Waals surface area contributed by atoms with Gasteiger partial charge in [-0.15, -0.1) is 0 Å². The van der Waals surface area contributed by atoms with Gasteiger partial charge in [0.1, 0.15) is 24.6 Å². The molecule has 6 N–H and O–H groups in total. The van der Waals surface area contributed by atoms with Crippen LogP contribution in [-0.2, 0) is 13.8 Å². The van der Waals surface area contributed by atoms with E-state index in [1.807, 2.05) is 6.92 Å². The number of rotatable bonds is 9. The first kappa shape index (κ1) is 22.0. The highest BCUT2D eigenvalue weighted by molar-refractivity contribution is 7.46. The summed E-state index contributed by atoms with van der Waals surface area (Å²) < 4.78 is 22.2. The van der Waals surface area contributed by atoms with Crippen LogP contribution in [0.2, 0.25) is 0 Å². The van der Waals surface area contributed by atoms with Crippen LogP contribution in [-0.4, -0.2) is 82.7 Å². The number of nitrogens with zero attached hydrogens (tertiary/aromatic N) is 4. The van der Waals surface area contributed by atoms with E-state index in [-0.39, 0.29) is 12.5 Å². The molecular formula is C15H24N5O8P. The lowest BCUT2D eigenvalue weighted by Gasteiger charge is -2.16. The minimum Gasteiger partial charge on any atom is -0.396 e. The first-order valence-corrected chi connectivity index (χ1v) is 10.5. The van der Waals surface area contributed by atoms with Crippen molar-refractivity contribution in [2.45, 2.75) is 37.9 Å². The molecule has 3 heterocycles. The molecule has 1 fully saturated rings. The number of hydrogen-bond donors (Lipinski definition) is 6. The molecule has 0 bridgehead atoms. The quantitative estimate of drug-likeness (QED) is 0.264. The van der Waals surface area contributed by atoms with E-state index >= 15 is 0 Å². The van der Waals surface area contributed by atoms with Crippen LogP contribution in [0.1, 0.15) is 19.6 Å². The molecule has 0 spiro atoms. The highest BCUT2D eigenvalue weighted by Gasteiger charge is 2.45. The van der Waals surface area contributed by atoms with Crippen molar-refractivity contribution < 1.29 is 38.9 Å². The minimum absolute atomic E-state index is 0.0849. The van der Waals surface area contributed by atoms with Crippen molar-refractivity contribution in [3.05, 3.63) is 12.7 Å². The van der Waals surface area contributed by atoms with Crippen molar-refractivity contribution in [3.8, 4) is 0 Å². The van der Waals surface area contributed by atoms with Gasteiger partial charge in [0.2, 0.25) is 0 Å². The Morgan fingerprint density at radius 3 is 2.76 bits per heavy atom. The molecule has 1 saturated heterocycles. The molecular weight excluding hydrogens is 409 g/mol. The number of aliphatic hydroxyl groups is 3. The zero-order valence-corrected chi connectivity index (χ0v) is 16.5. The summed E-state index contributed by atoms with van der Waals surface area (Å²) in [5.41, 5.74) is 0.759. The van der Waals surface area contributed by atoms with Crippen molar-refractivity contribution >= 4 is 24.8 Å². The smallest absolute Gasteiger partial charge is 0.396 e. The fourth-order valence-corrected chi connectivity index (χ4v) is 3.30. The largest absolute Gasteiger partial charge is 0.469 e. The number of nitrogens with one attached hydrogen (secondary N) is 1. The first-order valence-electron chi connectivity index (χ1n) is 8.95. The maximum atomic E-state index is 10.9. The van der Waals surface area contributed by atoms with Gasteiger partial charge in [-0.3, -0.25) is 9.09 Å². The molecule has 14 heteroatoms. The summed E-state index contributed by atoms with van der Waals surface area (Å²) in [6.07, 6.45) is -1.66. The van der Waals surface area contributed by atoms with Gasteiger partial charge in [-0.2, -0.15) is 0 Å². The number of phosphoric acid groups is 1. The van der Waals surface area contributed by atoms with Crippen LogP contribution in [0.25, 0.3) is 11.2 Å². The van der Waals surface area contributed by atoms with Crippen molar-refractivity contribution in [3.63, 3.8) is 0 Å². The van der Waals surface area contributed by atoms with E-state index in [2.05, 4.69) is 24.8 Å². The molecule has 2 aromatic rings. The highest BCUT2D eigenvalue weighted by atomic mass is 31.2. The lowest BCUT2D eigenvalue weighted by atomic mass is 10.1. The van der Waals surface area contributed by atoms with Crippen LogP contribution >= 0.6 is 7.82 Å². The molecule has 0 unspecified atom stereocenters. The summed E-state index contributed by atoms with van der Waals surface area (Å²) in [4.78, 5) is 30.2. The Bertz CT molecular complexity index is 876. The zero-order chi connectivity index (χ0) is 21.2. The minimum atomic E-state index is -4.75. The summed E-state index contributed by atoms with van der Waals surface area (Å²) in [5, 5.41) is 32.7. The maximum absolute atomic E-state index is 10.9. The van der Waals surface area contributed by atoms with Crippen LogP contribution in [0.3, 0.4) is 0 Å². The van der Waals surface area contributed by atoms with Gasteiger partial charge in [0, 0.05) is 13.2 Å². The molecule has 1 aliphatic heterocycles. The fourth-order valence-electron chi connectivity index (χ4n) is 2.96. The van der Waals surface area contributed by atoms with Crippen molar-refractivity contribution in [2.24, 2.45) is 5.92 Å². The molecule has 29 heavy (non-hydrogen) atoms. The number of fused-ring (bicyclic) bond motifs is 1. The van der Waals surface area contributed by atoms with Crippen LogP contribution in [0, 0.1) is 5.92 Å². The lowest BCUT2D eigenvalue weighted by molar-refractivity contribution is -0.0504. The van der Waals surface area contributed by atoms with Gasteiger partial charge in [-0.25, -0.2) is 19.5 Å². The summed E-state index contributed by atoms with van der Waals surface area (Å²) in [6, 6.07) is 0. The van der Waals surface area contributed by atoms with E-state index in [1.165, 1.54) is 17.2 Å². The number of anilines is 1. The number of aliphatic hydroxyl groups excluding tert-OH is 3. The molecule has 13 nitrogen and oxygen atoms in total. The highest BCUT2D eigenvalue weighted by Crippen LogP contribution is 2.38. The molecule has 0 amide bonds. The average molecular weight is 433 g/mol. The molecule has 0 aliphatic carbocycles. The first-order chi connectivity index (χ1) is 13.7. The number of imidazole rings is 1. The van der Waals surface area contributed by atoms with Crippen LogP contribution < -0.4 is 5.32 Å². The summed E-state index contributed by atoms with van der Waals surface area (Å²) in [5.74, 6) is 0.599. The van der Waals surface area contributed by atoms with Crippen LogP contribution in [0.15, 0.2) is 12.7 Å². The number of phosphoric ester groups is 1. The van der Waals surface area contributed by atoms with E-state index in [0.29, 0.717) is 23.5 Å². The normalized spacial score (nSPS) is 26.1. The Morgan fingerprint density at radius 2 is 2.07 bits per heavy atom. The molecule has 0 saturated carbocycles.